The first-order valence-corrected chi connectivity index (χ1v) is 7.82. The molecule has 0 aliphatic carbocycles. The van der Waals surface area contributed by atoms with E-state index in [0.29, 0.717) is 18.1 Å². The molecule has 2 N–H and O–H groups in total. The number of nitrogens with zero attached hydrogens (tertiary/aromatic N) is 3. The lowest BCUT2D eigenvalue weighted by Crippen LogP contribution is -2.51. The zero-order valence-electron chi connectivity index (χ0n) is 12.3. The van der Waals surface area contributed by atoms with E-state index in [4.69, 9.17) is 0 Å². The number of thioether (sulfide) groups is 1. The third-order valence-corrected chi connectivity index (χ3v) is 5.00. The van der Waals surface area contributed by atoms with Gasteiger partial charge >= 0.3 is 12.0 Å². The summed E-state index contributed by atoms with van der Waals surface area (Å²) in [5, 5.41) is 9.21. The number of urea groups is 1. The first-order valence-electron chi connectivity index (χ1n) is 6.78. The number of rotatable bonds is 4. The van der Waals surface area contributed by atoms with Crippen LogP contribution >= 0.6 is 11.8 Å². The van der Waals surface area contributed by atoms with Crippen molar-refractivity contribution in [2.24, 2.45) is 5.92 Å². The highest BCUT2D eigenvalue weighted by molar-refractivity contribution is 8.00. The molecular weight excluding hydrogens is 292 g/mol. The minimum atomic E-state index is -0.953. The second kappa shape index (κ2) is 6.38. The van der Waals surface area contributed by atoms with E-state index in [1.807, 2.05) is 13.8 Å². The number of carbonyl (C=O) groups is 2. The lowest BCUT2D eigenvalue weighted by Gasteiger charge is -2.33. The zero-order chi connectivity index (χ0) is 15.6. The Morgan fingerprint density at radius 1 is 1.62 bits per heavy atom. The van der Waals surface area contributed by atoms with Crippen LogP contribution in [0.1, 0.15) is 19.7 Å². The number of aliphatic carboxylic acids is 1. The third-order valence-electron chi connectivity index (χ3n) is 3.38. The lowest BCUT2D eigenvalue weighted by molar-refractivity contribution is -0.141. The smallest absolute Gasteiger partial charge is 0.327 e. The molecule has 2 unspecified atom stereocenters. The van der Waals surface area contributed by atoms with Crippen molar-refractivity contribution in [3.8, 4) is 0 Å². The second-order valence-electron chi connectivity index (χ2n) is 5.40. The molecule has 1 saturated heterocycles. The summed E-state index contributed by atoms with van der Waals surface area (Å²) in [6.45, 7) is 4.31. The summed E-state index contributed by atoms with van der Waals surface area (Å²) in [4.78, 5) is 34.0. The highest BCUT2D eigenvalue weighted by Gasteiger charge is 2.43. The van der Waals surface area contributed by atoms with E-state index in [1.165, 1.54) is 21.6 Å². The molecule has 21 heavy (non-hydrogen) atoms. The Kier molecular flexibility index (Phi) is 4.76. The minimum absolute atomic E-state index is 0.113. The van der Waals surface area contributed by atoms with E-state index in [0.717, 1.165) is 0 Å². The normalized spacial score (nSPS) is 21.8. The fraction of sp³-hybridized carbons (Fsp3) is 0.615. The van der Waals surface area contributed by atoms with Crippen LogP contribution in [0.3, 0.4) is 0 Å². The molecule has 1 aromatic heterocycles. The monoisotopic (exact) mass is 312 g/mol. The molecule has 0 saturated carbocycles. The molecule has 0 bridgehead atoms. The minimum Gasteiger partial charge on any atom is -0.480 e. The Hall–Kier alpha value is -1.70. The van der Waals surface area contributed by atoms with Crippen LogP contribution in [0.2, 0.25) is 0 Å². The van der Waals surface area contributed by atoms with Gasteiger partial charge in [-0.25, -0.2) is 14.6 Å². The largest absolute Gasteiger partial charge is 0.480 e. The van der Waals surface area contributed by atoms with Gasteiger partial charge in [0, 0.05) is 25.2 Å². The van der Waals surface area contributed by atoms with E-state index in [2.05, 4.69) is 9.97 Å². The third kappa shape index (κ3) is 3.31. The fourth-order valence-electron chi connectivity index (χ4n) is 2.35. The van der Waals surface area contributed by atoms with Crippen molar-refractivity contribution in [3.63, 3.8) is 0 Å². The molecule has 8 heteroatoms. The lowest BCUT2D eigenvalue weighted by atomic mass is 10.1. The SMILES string of the molecule is CC(C)C1SCC(C(=O)O)N1C(=O)N(C)Cc1ncc[nH]1. The Labute approximate surface area is 127 Å². The van der Waals surface area contributed by atoms with Crippen molar-refractivity contribution in [2.75, 3.05) is 12.8 Å². The highest BCUT2D eigenvalue weighted by Crippen LogP contribution is 2.34. The summed E-state index contributed by atoms with van der Waals surface area (Å²) in [5.41, 5.74) is 0. The van der Waals surface area contributed by atoms with Crippen molar-refractivity contribution in [3.05, 3.63) is 18.2 Å². The molecule has 116 valence electrons. The Balaban J connectivity index is 2.14. The average Bonchev–Trinajstić information content (AvgIpc) is 3.05. The number of hydrogen-bond donors (Lipinski definition) is 2. The number of carboxylic acid groups (broad SMARTS) is 1. The van der Waals surface area contributed by atoms with Crippen LogP contribution < -0.4 is 0 Å². The molecule has 7 nitrogen and oxygen atoms in total. The molecule has 2 rings (SSSR count). The van der Waals surface area contributed by atoms with Crippen LogP contribution in [-0.4, -0.2) is 61.1 Å². The van der Waals surface area contributed by atoms with Gasteiger partial charge in [-0.15, -0.1) is 11.8 Å². The maximum Gasteiger partial charge on any atom is 0.327 e. The van der Waals surface area contributed by atoms with E-state index >= 15 is 0 Å². The van der Waals surface area contributed by atoms with Gasteiger partial charge in [0.2, 0.25) is 0 Å². The van der Waals surface area contributed by atoms with Crippen molar-refractivity contribution < 1.29 is 14.7 Å². The van der Waals surface area contributed by atoms with Gasteiger partial charge in [-0.1, -0.05) is 13.8 Å². The van der Waals surface area contributed by atoms with E-state index < -0.39 is 12.0 Å². The van der Waals surface area contributed by atoms with Gasteiger partial charge in [0.05, 0.1) is 11.9 Å². The predicted octanol–water partition coefficient (Wildman–Crippen LogP) is 1.45. The Morgan fingerprint density at radius 2 is 2.33 bits per heavy atom. The second-order valence-corrected chi connectivity index (χ2v) is 6.55. The summed E-state index contributed by atoms with van der Waals surface area (Å²) in [6, 6.07) is -1.04. The molecule has 1 aliphatic heterocycles. The van der Waals surface area contributed by atoms with E-state index in [-0.39, 0.29) is 17.3 Å². The fourth-order valence-corrected chi connectivity index (χ4v) is 3.81. The van der Waals surface area contributed by atoms with Gasteiger partial charge in [-0.3, -0.25) is 4.90 Å². The number of nitrogens with one attached hydrogen (secondary N) is 1. The van der Waals surface area contributed by atoms with E-state index in [9.17, 15) is 14.7 Å². The predicted molar refractivity (Wildman–Crippen MR) is 79.8 cm³/mol. The molecule has 2 atom stereocenters. The van der Waals surface area contributed by atoms with Crippen LogP contribution in [0.5, 0.6) is 0 Å². The van der Waals surface area contributed by atoms with Crippen molar-refractivity contribution in [1.29, 1.82) is 0 Å². The summed E-state index contributed by atoms with van der Waals surface area (Å²) in [6.07, 6.45) is 3.31. The molecule has 0 spiro atoms. The van der Waals surface area contributed by atoms with Crippen LogP contribution in [-0.2, 0) is 11.3 Å². The topological polar surface area (TPSA) is 89.5 Å². The number of hydrogen-bond acceptors (Lipinski definition) is 4. The van der Waals surface area contributed by atoms with Gasteiger partial charge in [-0.2, -0.15) is 0 Å². The number of amides is 2. The average molecular weight is 312 g/mol. The molecule has 1 aromatic rings. The van der Waals surface area contributed by atoms with Gasteiger partial charge in [0.1, 0.15) is 11.9 Å². The quantitative estimate of drug-likeness (QED) is 0.878. The van der Waals surface area contributed by atoms with Crippen LogP contribution in [0.25, 0.3) is 0 Å². The summed E-state index contributed by atoms with van der Waals surface area (Å²) in [5.74, 6) is 0.342. The molecule has 1 fully saturated rings. The van der Waals surface area contributed by atoms with Crippen LogP contribution in [0.15, 0.2) is 12.4 Å². The van der Waals surface area contributed by atoms with Crippen LogP contribution in [0, 0.1) is 5.92 Å². The number of H-pyrrole nitrogens is 1. The molecular formula is C13H20N4O3S. The van der Waals surface area contributed by atoms with E-state index in [1.54, 1.807) is 19.4 Å². The van der Waals surface area contributed by atoms with Crippen molar-refractivity contribution in [1.82, 2.24) is 19.8 Å². The molecule has 1 aliphatic rings. The molecule has 2 amide bonds. The molecule has 0 aromatic carbocycles. The zero-order valence-corrected chi connectivity index (χ0v) is 13.1. The number of carbonyl (C=O) groups excluding carboxylic acids is 1. The molecule has 0 radical (unpaired) electrons. The number of carboxylic acids is 1. The Morgan fingerprint density at radius 3 is 2.86 bits per heavy atom. The number of aromatic nitrogens is 2. The maximum atomic E-state index is 12.6. The summed E-state index contributed by atoms with van der Waals surface area (Å²) in [7, 11) is 1.66. The number of imidazole rings is 1. The first-order chi connectivity index (χ1) is 9.91. The first kappa shape index (κ1) is 15.7. The van der Waals surface area contributed by atoms with Gasteiger partial charge < -0.3 is 15.0 Å². The number of aromatic amines is 1. The van der Waals surface area contributed by atoms with Gasteiger partial charge in [0.25, 0.3) is 0 Å². The van der Waals surface area contributed by atoms with Gasteiger partial charge in [0.15, 0.2) is 0 Å². The highest BCUT2D eigenvalue weighted by atomic mass is 32.2. The summed E-state index contributed by atoms with van der Waals surface area (Å²) < 4.78 is 0. The maximum absolute atomic E-state index is 12.6. The standard InChI is InChI=1S/C13H20N4O3S/c1-8(2)11-17(9(7-21-11)12(18)19)13(20)16(3)6-10-14-4-5-15-10/h4-5,8-9,11H,6-7H2,1-3H3,(H,14,15)(H,18,19). The molecule has 2 heterocycles. The van der Waals surface area contributed by atoms with Crippen LogP contribution in [0.4, 0.5) is 4.79 Å². The van der Waals surface area contributed by atoms with Crippen molar-refractivity contribution >= 4 is 23.8 Å². The summed E-state index contributed by atoms with van der Waals surface area (Å²) >= 11 is 1.52. The van der Waals surface area contributed by atoms with Crippen molar-refractivity contribution in [2.45, 2.75) is 31.8 Å². The van der Waals surface area contributed by atoms with Gasteiger partial charge in [-0.05, 0) is 5.92 Å². The Bertz CT molecular complexity index is 506.